The van der Waals surface area contributed by atoms with E-state index in [0.717, 1.165) is 12.1 Å². The molecule has 1 aliphatic carbocycles. The van der Waals surface area contributed by atoms with E-state index in [9.17, 15) is 0 Å². The lowest BCUT2D eigenvalue weighted by Crippen LogP contribution is -2.54. The van der Waals surface area contributed by atoms with Crippen LogP contribution in [0.15, 0.2) is 0 Å². The number of hydrogen-bond acceptors (Lipinski definition) is 3. The van der Waals surface area contributed by atoms with E-state index in [4.69, 9.17) is 0 Å². The van der Waals surface area contributed by atoms with E-state index < -0.39 is 0 Å². The van der Waals surface area contributed by atoms with E-state index in [-0.39, 0.29) is 0 Å². The molecule has 0 aromatic rings. The highest BCUT2D eigenvalue weighted by Crippen LogP contribution is 2.24. The zero-order valence-corrected chi connectivity index (χ0v) is 11.8. The molecule has 0 aromatic heterocycles. The summed E-state index contributed by atoms with van der Waals surface area (Å²) >= 11 is 0. The first-order valence-electron chi connectivity index (χ1n) is 7.36. The molecule has 100 valence electrons. The number of hydrogen-bond donors (Lipinski definition) is 1. The van der Waals surface area contributed by atoms with Gasteiger partial charge in [-0.25, -0.2) is 0 Å². The molecular weight excluding hydrogens is 210 g/mol. The van der Waals surface area contributed by atoms with Gasteiger partial charge in [0.2, 0.25) is 0 Å². The van der Waals surface area contributed by atoms with Crippen LogP contribution in [-0.2, 0) is 0 Å². The van der Waals surface area contributed by atoms with Gasteiger partial charge in [-0.15, -0.1) is 0 Å². The minimum atomic E-state index is 0.716. The maximum absolute atomic E-state index is 3.46. The van der Waals surface area contributed by atoms with Gasteiger partial charge in [-0.05, 0) is 40.2 Å². The molecule has 2 fully saturated rings. The van der Waals surface area contributed by atoms with Crippen molar-refractivity contribution < 1.29 is 0 Å². The predicted octanol–water partition coefficient (Wildman–Crippen LogP) is 1.54. The first kappa shape index (κ1) is 13.3. The molecule has 2 aliphatic rings. The van der Waals surface area contributed by atoms with Gasteiger partial charge in [0, 0.05) is 44.3 Å². The van der Waals surface area contributed by atoms with Crippen LogP contribution in [0, 0.1) is 0 Å². The molecule has 2 atom stereocenters. The van der Waals surface area contributed by atoms with E-state index in [1.54, 1.807) is 0 Å². The maximum atomic E-state index is 3.46. The Labute approximate surface area is 107 Å². The quantitative estimate of drug-likeness (QED) is 0.806. The number of piperazine rings is 1. The lowest BCUT2D eigenvalue weighted by molar-refractivity contribution is 0.0591. The van der Waals surface area contributed by atoms with Gasteiger partial charge >= 0.3 is 0 Å². The molecule has 1 unspecified atom stereocenters. The molecule has 0 spiro atoms. The van der Waals surface area contributed by atoms with E-state index >= 15 is 0 Å². The molecule has 0 radical (unpaired) electrons. The topological polar surface area (TPSA) is 18.5 Å². The summed E-state index contributed by atoms with van der Waals surface area (Å²) in [5.74, 6) is 0. The Hall–Kier alpha value is -0.120. The Morgan fingerprint density at radius 2 is 1.76 bits per heavy atom. The first-order valence-corrected chi connectivity index (χ1v) is 7.36. The highest BCUT2D eigenvalue weighted by molar-refractivity contribution is 4.86. The molecule has 3 nitrogen and oxygen atoms in total. The van der Waals surface area contributed by atoms with Crippen LogP contribution >= 0.6 is 0 Å². The van der Waals surface area contributed by atoms with Gasteiger partial charge in [0.05, 0.1) is 0 Å². The van der Waals surface area contributed by atoms with Gasteiger partial charge in [0.1, 0.15) is 0 Å². The highest BCUT2D eigenvalue weighted by Gasteiger charge is 2.28. The van der Waals surface area contributed by atoms with Crippen molar-refractivity contribution >= 4 is 0 Å². The van der Waals surface area contributed by atoms with Gasteiger partial charge in [-0.1, -0.05) is 6.42 Å². The fourth-order valence-corrected chi connectivity index (χ4v) is 3.38. The van der Waals surface area contributed by atoms with Crippen molar-refractivity contribution in [1.82, 2.24) is 15.1 Å². The Morgan fingerprint density at radius 1 is 1.06 bits per heavy atom. The molecule has 0 amide bonds. The maximum Gasteiger partial charge on any atom is 0.0113 e. The van der Waals surface area contributed by atoms with Crippen molar-refractivity contribution in [2.45, 2.75) is 57.7 Å². The Balaban J connectivity index is 1.80. The van der Waals surface area contributed by atoms with Crippen LogP contribution in [0.4, 0.5) is 0 Å². The molecular formula is C14H29N3. The second-order valence-electron chi connectivity index (χ2n) is 5.97. The summed E-state index contributed by atoms with van der Waals surface area (Å²) in [4.78, 5) is 5.34. The Bertz CT molecular complexity index is 222. The van der Waals surface area contributed by atoms with E-state index in [2.05, 4.69) is 36.0 Å². The summed E-state index contributed by atoms with van der Waals surface area (Å²) in [6.45, 7) is 9.70. The van der Waals surface area contributed by atoms with Crippen molar-refractivity contribution in [1.29, 1.82) is 0 Å². The van der Waals surface area contributed by atoms with Crippen molar-refractivity contribution in [2.24, 2.45) is 0 Å². The van der Waals surface area contributed by atoms with Crippen LogP contribution in [0.1, 0.15) is 39.5 Å². The number of nitrogens with zero attached hydrogens (tertiary/aromatic N) is 2. The van der Waals surface area contributed by atoms with Crippen LogP contribution in [0.2, 0.25) is 0 Å². The minimum Gasteiger partial charge on any atom is -0.317 e. The summed E-state index contributed by atoms with van der Waals surface area (Å²) in [6, 6.07) is 2.32. The summed E-state index contributed by atoms with van der Waals surface area (Å²) in [7, 11) is 2.11. The minimum absolute atomic E-state index is 0.716. The lowest BCUT2D eigenvalue weighted by atomic mass is 9.89. The highest BCUT2D eigenvalue weighted by atomic mass is 15.3. The average Bonchev–Trinajstić information content (AvgIpc) is 2.39. The van der Waals surface area contributed by atoms with Gasteiger partial charge in [0.25, 0.3) is 0 Å². The van der Waals surface area contributed by atoms with Gasteiger partial charge in [-0.3, -0.25) is 9.80 Å². The molecule has 1 saturated carbocycles. The monoisotopic (exact) mass is 239 g/mol. The van der Waals surface area contributed by atoms with Gasteiger partial charge in [-0.2, -0.15) is 0 Å². The first-order chi connectivity index (χ1) is 8.20. The van der Waals surface area contributed by atoms with Crippen molar-refractivity contribution in [3.05, 3.63) is 0 Å². The van der Waals surface area contributed by atoms with E-state index in [1.807, 2.05) is 0 Å². The smallest absolute Gasteiger partial charge is 0.0113 e. The fourth-order valence-electron chi connectivity index (χ4n) is 3.38. The van der Waals surface area contributed by atoms with E-state index in [0.29, 0.717) is 6.04 Å². The van der Waals surface area contributed by atoms with Crippen LogP contribution < -0.4 is 5.32 Å². The molecule has 2 rings (SSSR count). The standard InChI is InChI=1S/C14H29N3/c1-12(2)16-7-9-17(10-8-16)14-6-4-5-13(11-14)15-3/h12-15H,4-11H2,1-3H3/t13?,14-/m1/s1. The Kier molecular flexibility index (Phi) is 4.83. The predicted molar refractivity (Wildman–Crippen MR) is 73.4 cm³/mol. The molecule has 3 heteroatoms. The van der Waals surface area contributed by atoms with Crippen molar-refractivity contribution in [2.75, 3.05) is 33.2 Å². The third kappa shape index (κ3) is 3.43. The summed E-state index contributed by atoms with van der Waals surface area (Å²) in [5.41, 5.74) is 0. The van der Waals surface area contributed by atoms with Gasteiger partial charge < -0.3 is 5.32 Å². The van der Waals surface area contributed by atoms with Crippen LogP contribution in [0.25, 0.3) is 0 Å². The molecule has 1 saturated heterocycles. The van der Waals surface area contributed by atoms with Crippen LogP contribution in [0.5, 0.6) is 0 Å². The molecule has 1 heterocycles. The third-order valence-electron chi connectivity index (χ3n) is 4.65. The number of nitrogens with one attached hydrogen (secondary N) is 1. The molecule has 0 bridgehead atoms. The van der Waals surface area contributed by atoms with Crippen LogP contribution in [-0.4, -0.2) is 61.2 Å². The summed E-state index contributed by atoms with van der Waals surface area (Å²) in [6.07, 6.45) is 5.55. The molecule has 17 heavy (non-hydrogen) atoms. The average molecular weight is 239 g/mol. The zero-order valence-electron chi connectivity index (χ0n) is 11.8. The summed E-state index contributed by atoms with van der Waals surface area (Å²) < 4.78 is 0. The van der Waals surface area contributed by atoms with Gasteiger partial charge in [0.15, 0.2) is 0 Å². The molecule has 1 aliphatic heterocycles. The summed E-state index contributed by atoms with van der Waals surface area (Å²) in [5, 5.41) is 3.46. The van der Waals surface area contributed by atoms with Crippen LogP contribution in [0.3, 0.4) is 0 Å². The Morgan fingerprint density at radius 3 is 2.35 bits per heavy atom. The third-order valence-corrected chi connectivity index (χ3v) is 4.65. The fraction of sp³-hybridized carbons (Fsp3) is 1.00. The van der Waals surface area contributed by atoms with E-state index in [1.165, 1.54) is 51.9 Å². The SMILES string of the molecule is CNC1CCC[C@@H](N2CCN(C(C)C)CC2)C1. The lowest BCUT2D eigenvalue weighted by Gasteiger charge is -2.43. The van der Waals surface area contributed by atoms with Crippen molar-refractivity contribution in [3.8, 4) is 0 Å². The second kappa shape index (κ2) is 6.17. The molecule has 0 aromatic carbocycles. The second-order valence-corrected chi connectivity index (χ2v) is 5.97. The van der Waals surface area contributed by atoms with Crippen molar-refractivity contribution in [3.63, 3.8) is 0 Å². The zero-order chi connectivity index (χ0) is 12.3. The molecule has 1 N–H and O–H groups in total. The number of rotatable bonds is 3. The largest absolute Gasteiger partial charge is 0.317 e. The normalized spacial score (nSPS) is 33.2.